The summed E-state index contributed by atoms with van der Waals surface area (Å²) in [4.78, 5) is 48.5. The first kappa shape index (κ1) is 24.4. The molecule has 10 heteroatoms. The minimum Gasteiger partial charge on any atom is -0.468 e. The smallest absolute Gasteiger partial charge is 0.260 e. The van der Waals surface area contributed by atoms with Crippen LogP contribution in [0.3, 0.4) is 0 Å². The van der Waals surface area contributed by atoms with Gasteiger partial charge in [-0.1, -0.05) is 0 Å². The number of amides is 3. The van der Waals surface area contributed by atoms with E-state index in [0.717, 1.165) is 48.2 Å². The lowest BCUT2D eigenvalue weighted by Crippen LogP contribution is -2.50. The van der Waals surface area contributed by atoms with Crippen molar-refractivity contribution >= 4 is 29.0 Å². The van der Waals surface area contributed by atoms with Crippen LogP contribution in [0.4, 0.5) is 5.69 Å². The van der Waals surface area contributed by atoms with Gasteiger partial charge in [-0.25, -0.2) is 9.97 Å². The molecule has 6 rings (SSSR count). The van der Waals surface area contributed by atoms with Gasteiger partial charge in [-0.2, -0.15) is 0 Å². The molecule has 10 nitrogen and oxygen atoms in total. The normalized spacial score (nSPS) is 24.8. The van der Waals surface area contributed by atoms with Gasteiger partial charge in [-0.15, -0.1) is 0 Å². The van der Waals surface area contributed by atoms with Gasteiger partial charge in [-0.3, -0.25) is 14.4 Å². The maximum absolute atomic E-state index is 13.4. The molecular formula is C28H32N6O4. The van der Waals surface area contributed by atoms with E-state index in [1.54, 1.807) is 12.3 Å². The second-order valence-electron chi connectivity index (χ2n) is 10.8. The highest BCUT2D eigenvalue weighted by atomic mass is 16.5. The standard InChI is InChI=1S/C28H32N6O4/c1-28(34-10-2-3-24(34)35)14-18-12-22(20(16-4-5-16)13-23(18)38-28)33-27(37)21(15-29)25-30-9-7-19(32-25)11-17-6-8-31-26(17)36/h7,9,12-13,15-17H,2-6,8,10-11,14,29H2,1H3,(H,31,36)(H,33,37). The number of nitrogens with one attached hydrogen (secondary N) is 2. The Kier molecular flexibility index (Phi) is 6.04. The number of carbonyl (C=O) groups excluding carboxylic acids is 3. The summed E-state index contributed by atoms with van der Waals surface area (Å²) in [5, 5.41) is 5.89. The number of likely N-dealkylation sites (tertiary alicyclic amines) is 1. The van der Waals surface area contributed by atoms with Crippen molar-refractivity contribution in [1.82, 2.24) is 20.2 Å². The zero-order valence-corrected chi connectivity index (χ0v) is 21.5. The molecule has 3 aliphatic heterocycles. The van der Waals surface area contributed by atoms with Crippen molar-refractivity contribution in [3.63, 3.8) is 0 Å². The average molecular weight is 517 g/mol. The van der Waals surface area contributed by atoms with E-state index in [1.807, 2.05) is 24.0 Å². The summed E-state index contributed by atoms with van der Waals surface area (Å²) in [5.41, 5.74) is 8.72. The molecule has 2 unspecified atom stereocenters. The van der Waals surface area contributed by atoms with Crippen LogP contribution in [0.2, 0.25) is 0 Å². The molecule has 0 bridgehead atoms. The lowest BCUT2D eigenvalue weighted by molar-refractivity contribution is -0.143. The molecule has 1 saturated carbocycles. The molecule has 1 aromatic heterocycles. The monoisotopic (exact) mass is 516 g/mol. The van der Waals surface area contributed by atoms with E-state index in [1.165, 1.54) is 6.20 Å². The number of carbonyl (C=O) groups is 3. The van der Waals surface area contributed by atoms with Crippen molar-refractivity contribution in [2.75, 3.05) is 18.4 Å². The fraction of sp³-hybridized carbons (Fsp3) is 0.464. The van der Waals surface area contributed by atoms with Crippen LogP contribution in [0.25, 0.3) is 5.57 Å². The van der Waals surface area contributed by atoms with Gasteiger partial charge in [0.25, 0.3) is 5.91 Å². The number of nitrogens with two attached hydrogens (primary N) is 1. The zero-order chi connectivity index (χ0) is 26.4. The van der Waals surface area contributed by atoms with Crippen molar-refractivity contribution in [1.29, 1.82) is 0 Å². The number of nitrogens with zero attached hydrogens (tertiary/aromatic N) is 3. The maximum Gasteiger partial charge on any atom is 0.260 e. The van der Waals surface area contributed by atoms with Gasteiger partial charge in [0, 0.05) is 67.6 Å². The van der Waals surface area contributed by atoms with Crippen LogP contribution in [0.5, 0.6) is 5.75 Å². The molecule has 4 aliphatic rings. The highest BCUT2D eigenvalue weighted by Crippen LogP contribution is 2.48. The molecule has 4 N–H and O–H groups in total. The summed E-state index contributed by atoms with van der Waals surface area (Å²) in [7, 11) is 0. The lowest BCUT2D eigenvalue weighted by atomic mass is 10.00. The van der Waals surface area contributed by atoms with E-state index in [-0.39, 0.29) is 29.1 Å². The molecule has 2 saturated heterocycles. The molecule has 2 aromatic rings. The third-order valence-corrected chi connectivity index (χ3v) is 7.97. The largest absolute Gasteiger partial charge is 0.468 e. The van der Waals surface area contributed by atoms with Crippen LogP contribution in [-0.2, 0) is 27.2 Å². The van der Waals surface area contributed by atoms with Gasteiger partial charge < -0.3 is 26.0 Å². The van der Waals surface area contributed by atoms with E-state index in [0.29, 0.717) is 44.0 Å². The third kappa shape index (κ3) is 4.48. The molecule has 198 valence electrons. The minimum absolute atomic E-state index is 0.0240. The molecule has 3 fully saturated rings. The number of hydrogen-bond donors (Lipinski definition) is 3. The third-order valence-electron chi connectivity index (χ3n) is 7.97. The van der Waals surface area contributed by atoms with Gasteiger partial charge in [0.15, 0.2) is 11.5 Å². The Morgan fingerprint density at radius 3 is 2.84 bits per heavy atom. The van der Waals surface area contributed by atoms with Crippen molar-refractivity contribution in [3.05, 3.63) is 53.2 Å². The predicted molar refractivity (Wildman–Crippen MR) is 140 cm³/mol. The molecule has 0 radical (unpaired) electrons. The van der Waals surface area contributed by atoms with Crippen LogP contribution in [0, 0.1) is 5.92 Å². The number of fused-ring (bicyclic) bond motifs is 1. The number of rotatable bonds is 7. The highest BCUT2D eigenvalue weighted by molar-refractivity contribution is 6.24. The topological polar surface area (TPSA) is 140 Å². The second-order valence-corrected chi connectivity index (χ2v) is 10.8. The van der Waals surface area contributed by atoms with Crippen LogP contribution in [-0.4, -0.2) is 51.4 Å². The van der Waals surface area contributed by atoms with E-state index in [9.17, 15) is 14.4 Å². The molecule has 4 heterocycles. The van der Waals surface area contributed by atoms with E-state index >= 15 is 0 Å². The van der Waals surface area contributed by atoms with Crippen LogP contribution in [0.1, 0.15) is 67.6 Å². The zero-order valence-electron chi connectivity index (χ0n) is 21.5. The number of hydrogen-bond acceptors (Lipinski definition) is 7. The quantitative estimate of drug-likeness (QED) is 0.480. The Morgan fingerprint density at radius 2 is 2.16 bits per heavy atom. The first-order chi connectivity index (χ1) is 18.3. The molecule has 38 heavy (non-hydrogen) atoms. The molecule has 1 aromatic carbocycles. The van der Waals surface area contributed by atoms with E-state index in [2.05, 4.69) is 20.6 Å². The average Bonchev–Trinajstić information content (AvgIpc) is 3.37. The summed E-state index contributed by atoms with van der Waals surface area (Å²) in [6, 6.07) is 5.75. The molecule has 3 amide bonds. The van der Waals surface area contributed by atoms with Crippen LogP contribution < -0.4 is 21.1 Å². The summed E-state index contributed by atoms with van der Waals surface area (Å²) >= 11 is 0. The van der Waals surface area contributed by atoms with E-state index in [4.69, 9.17) is 10.5 Å². The second kappa shape index (κ2) is 9.41. The molecular weight excluding hydrogens is 484 g/mol. The first-order valence-corrected chi connectivity index (χ1v) is 13.3. The summed E-state index contributed by atoms with van der Waals surface area (Å²) < 4.78 is 6.35. The number of aromatic nitrogens is 2. The van der Waals surface area contributed by atoms with Crippen molar-refractivity contribution in [2.24, 2.45) is 11.7 Å². The lowest BCUT2D eigenvalue weighted by Gasteiger charge is -2.34. The summed E-state index contributed by atoms with van der Waals surface area (Å²) in [6.07, 6.45) is 8.09. The van der Waals surface area contributed by atoms with Crippen molar-refractivity contribution in [3.8, 4) is 5.75 Å². The molecule has 1 aliphatic carbocycles. The Morgan fingerprint density at radius 1 is 1.32 bits per heavy atom. The van der Waals surface area contributed by atoms with Gasteiger partial charge in [0.1, 0.15) is 5.75 Å². The SMILES string of the molecule is CC1(N2CCCC2=O)Cc2cc(NC(=O)C(=CN)c3nccc(CC4CCNC4=O)n3)c(C3CC3)cc2O1. The van der Waals surface area contributed by atoms with Crippen molar-refractivity contribution < 1.29 is 19.1 Å². The minimum atomic E-state index is -0.716. The van der Waals surface area contributed by atoms with Gasteiger partial charge in [-0.05, 0) is 62.3 Å². The van der Waals surface area contributed by atoms with E-state index < -0.39 is 11.6 Å². The molecule has 0 spiro atoms. The predicted octanol–water partition coefficient (Wildman–Crippen LogP) is 2.24. The Balaban J connectivity index is 1.23. The maximum atomic E-state index is 13.4. The molecule has 2 atom stereocenters. The number of ether oxygens (including phenoxy) is 1. The Bertz CT molecular complexity index is 1350. The fourth-order valence-corrected chi connectivity index (χ4v) is 5.81. The Labute approximate surface area is 221 Å². The van der Waals surface area contributed by atoms with Gasteiger partial charge in [0.05, 0.1) is 5.57 Å². The summed E-state index contributed by atoms with van der Waals surface area (Å²) in [6.45, 7) is 3.32. The fourth-order valence-electron chi connectivity index (χ4n) is 5.81. The van der Waals surface area contributed by atoms with Gasteiger partial charge >= 0.3 is 0 Å². The van der Waals surface area contributed by atoms with Crippen LogP contribution >= 0.6 is 0 Å². The van der Waals surface area contributed by atoms with Crippen LogP contribution in [0.15, 0.2) is 30.6 Å². The number of benzene rings is 1. The number of anilines is 1. The Hall–Kier alpha value is -3.95. The summed E-state index contributed by atoms with van der Waals surface area (Å²) in [5.74, 6) is 0.949. The van der Waals surface area contributed by atoms with Crippen molar-refractivity contribution in [2.45, 2.75) is 63.5 Å². The van der Waals surface area contributed by atoms with Gasteiger partial charge in [0.2, 0.25) is 11.8 Å². The highest BCUT2D eigenvalue weighted by Gasteiger charge is 2.45. The first-order valence-electron chi connectivity index (χ1n) is 13.3.